The predicted octanol–water partition coefficient (Wildman–Crippen LogP) is 2.14. The van der Waals surface area contributed by atoms with E-state index in [-0.39, 0.29) is 12.1 Å². The van der Waals surface area contributed by atoms with E-state index in [4.69, 9.17) is 16.7 Å². The fourth-order valence-corrected chi connectivity index (χ4v) is 1.56. The van der Waals surface area contributed by atoms with Gasteiger partial charge in [-0.1, -0.05) is 30.3 Å². The summed E-state index contributed by atoms with van der Waals surface area (Å²) in [6, 6.07) is 4.12. The van der Waals surface area contributed by atoms with E-state index in [0.29, 0.717) is 17.1 Å². The van der Waals surface area contributed by atoms with Gasteiger partial charge in [0.05, 0.1) is 4.92 Å². The van der Waals surface area contributed by atoms with Crippen LogP contribution < -0.4 is 5.32 Å². The number of hydrogen-bond donors (Lipinski definition) is 2. The highest BCUT2D eigenvalue weighted by molar-refractivity contribution is 6.29. The van der Waals surface area contributed by atoms with Crippen LogP contribution in [-0.2, 0) is 6.54 Å². The van der Waals surface area contributed by atoms with Gasteiger partial charge in [-0.15, -0.1) is 0 Å². The van der Waals surface area contributed by atoms with E-state index in [1.165, 1.54) is 12.1 Å². The number of rotatable bonds is 6. The Labute approximate surface area is 108 Å². The number of nitrogens with one attached hydrogen (secondary N) is 1. The van der Waals surface area contributed by atoms with Crippen LogP contribution in [0.1, 0.15) is 15.9 Å². The Balaban J connectivity index is 3.03. The Morgan fingerprint density at radius 2 is 2.22 bits per heavy atom. The van der Waals surface area contributed by atoms with Gasteiger partial charge in [0.25, 0.3) is 5.69 Å². The first-order valence-electron chi connectivity index (χ1n) is 4.97. The maximum atomic E-state index is 11.1. The van der Waals surface area contributed by atoms with Gasteiger partial charge in [0, 0.05) is 24.2 Å². The lowest BCUT2D eigenvalue weighted by Crippen LogP contribution is -2.17. The summed E-state index contributed by atoms with van der Waals surface area (Å²) in [5.74, 6) is -1.33. The van der Waals surface area contributed by atoms with Gasteiger partial charge in [0.2, 0.25) is 0 Å². The van der Waals surface area contributed by atoms with Gasteiger partial charge in [0.1, 0.15) is 5.56 Å². The van der Waals surface area contributed by atoms with E-state index in [9.17, 15) is 14.9 Å². The topological polar surface area (TPSA) is 92.5 Å². The second-order valence-corrected chi connectivity index (χ2v) is 4.03. The predicted molar refractivity (Wildman–Crippen MR) is 66.8 cm³/mol. The maximum Gasteiger partial charge on any atom is 0.343 e. The Morgan fingerprint density at radius 3 is 2.72 bits per heavy atom. The van der Waals surface area contributed by atoms with Crippen LogP contribution in [0.4, 0.5) is 5.69 Å². The zero-order valence-corrected chi connectivity index (χ0v) is 10.1. The fourth-order valence-electron chi connectivity index (χ4n) is 1.47. The van der Waals surface area contributed by atoms with Crippen molar-refractivity contribution in [3.63, 3.8) is 0 Å². The van der Waals surface area contributed by atoms with E-state index in [0.717, 1.165) is 6.07 Å². The van der Waals surface area contributed by atoms with Crippen molar-refractivity contribution in [2.24, 2.45) is 0 Å². The minimum Gasteiger partial charge on any atom is -0.477 e. The summed E-state index contributed by atoms with van der Waals surface area (Å²) in [7, 11) is 0. The number of nitro groups is 1. The quantitative estimate of drug-likeness (QED) is 0.610. The van der Waals surface area contributed by atoms with Crippen LogP contribution in [0.5, 0.6) is 0 Å². The third kappa shape index (κ3) is 3.54. The average Bonchev–Trinajstić information content (AvgIpc) is 2.27. The van der Waals surface area contributed by atoms with Crippen LogP contribution in [0.2, 0.25) is 0 Å². The summed E-state index contributed by atoms with van der Waals surface area (Å²) in [5, 5.41) is 23.0. The summed E-state index contributed by atoms with van der Waals surface area (Å²) in [4.78, 5) is 21.1. The fraction of sp³-hybridized carbons (Fsp3) is 0.182. The lowest BCUT2D eigenvalue weighted by Gasteiger charge is -2.07. The average molecular weight is 271 g/mol. The molecule has 1 rings (SSSR count). The molecule has 1 aromatic carbocycles. The smallest absolute Gasteiger partial charge is 0.343 e. The van der Waals surface area contributed by atoms with Crippen LogP contribution in [0.25, 0.3) is 0 Å². The lowest BCUT2D eigenvalue weighted by atomic mass is 10.1. The number of carboxylic acid groups (broad SMARTS) is 1. The number of nitrogens with zero attached hydrogens (tertiary/aromatic N) is 1. The van der Waals surface area contributed by atoms with Crippen molar-refractivity contribution >= 4 is 23.3 Å². The van der Waals surface area contributed by atoms with Crippen LogP contribution >= 0.6 is 11.6 Å². The minimum absolute atomic E-state index is 0.162. The SMILES string of the molecule is C=C(Cl)CNCc1cccc([N+](=O)[O-])c1C(=O)O. The molecule has 0 heterocycles. The number of benzene rings is 1. The highest BCUT2D eigenvalue weighted by atomic mass is 35.5. The Bertz CT molecular complexity index is 502. The molecule has 0 bridgehead atoms. The van der Waals surface area contributed by atoms with Crippen molar-refractivity contribution in [3.05, 3.63) is 51.1 Å². The molecule has 0 saturated heterocycles. The summed E-state index contributed by atoms with van der Waals surface area (Å²) >= 11 is 5.55. The molecule has 0 amide bonds. The second-order valence-electron chi connectivity index (χ2n) is 3.49. The molecule has 18 heavy (non-hydrogen) atoms. The molecule has 0 aromatic heterocycles. The van der Waals surface area contributed by atoms with Gasteiger partial charge < -0.3 is 10.4 Å². The van der Waals surface area contributed by atoms with E-state index in [1.807, 2.05) is 0 Å². The van der Waals surface area contributed by atoms with Gasteiger partial charge in [0.15, 0.2) is 0 Å². The number of aromatic carboxylic acids is 1. The first-order valence-corrected chi connectivity index (χ1v) is 5.35. The molecular formula is C11H11ClN2O4. The largest absolute Gasteiger partial charge is 0.477 e. The number of carbonyl (C=O) groups is 1. The van der Waals surface area contributed by atoms with Crippen LogP contribution in [0.15, 0.2) is 29.8 Å². The van der Waals surface area contributed by atoms with Crippen molar-refractivity contribution in [2.45, 2.75) is 6.54 Å². The molecule has 0 aliphatic carbocycles. The standard InChI is InChI=1S/C11H11ClN2O4/c1-7(12)5-13-6-8-3-2-4-9(14(17)18)10(8)11(15)16/h2-4,13H,1,5-6H2,(H,15,16). The van der Waals surface area contributed by atoms with E-state index >= 15 is 0 Å². The molecule has 1 aromatic rings. The molecule has 0 saturated carbocycles. The molecule has 0 aliphatic rings. The molecule has 96 valence electrons. The van der Waals surface area contributed by atoms with Crippen molar-refractivity contribution in [1.29, 1.82) is 0 Å². The monoisotopic (exact) mass is 270 g/mol. The molecule has 6 nitrogen and oxygen atoms in total. The summed E-state index contributed by atoms with van der Waals surface area (Å²) in [6.07, 6.45) is 0. The van der Waals surface area contributed by atoms with Crippen molar-refractivity contribution in [2.75, 3.05) is 6.54 Å². The van der Waals surface area contributed by atoms with Crippen LogP contribution in [-0.4, -0.2) is 22.5 Å². The summed E-state index contributed by atoms with van der Waals surface area (Å²) < 4.78 is 0. The second kappa shape index (κ2) is 6.13. The number of carboxylic acids is 1. The number of halogens is 1. The Morgan fingerprint density at radius 1 is 1.56 bits per heavy atom. The number of nitro benzene ring substituents is 1. The van der Waals surface area contributed by atoms with Gasteiger partial charge in [-0.2, -0.15) is 0 Å². The van der Waals surface area contributed by atoms with Gasteiger partial charge >= 0.3 is 5.97 Å². The summed E-state index contributed by atoms with van der Waals surface area (Å²) in [6.45, 7) is 3.92. The number of hydrogen-bond acceptors (Lipinski definition) is 4. The molecule has 7 heteroatoms. The molecule has 0 atom stereocenters. The third-order valence-electron chi connectivity index (χ3n) is 2.17. The lowest BCUT2D eigenvalue weighted by molar-refractivity contribution is -0.385. The first-order chi connectivity index (χ1) is 8.43. The normalized spacial score (nSPS) is 10.1. The zero-order valence-electron chi connectivity index (χ0n) is 9.35. The third-order valence-corrected chi connectivity index (χ3v) is 2.31. The van der Waals surface area contributed by atoms with Crippen molar-refractivity contribution in [3.8, 4) is 0 Å². The molecule has 0 spiro atoms. The van der Waals surface area contributed by atoms with Gasteiger partial charge in [-0.05, 0) is 5.56 Å². The van der Waals surface area contributed by atoms with Crippen molar-refractivity contribution < 1.29 is 14.8 Å². The molecule has 2 N–H and O–H groups in total. The van der Waals surface area contributed by atoms with Gasteiger partial charge in [-0.3, -0.25) is 10.1 Å². The highest BCUT2D eigenvalue weighted by Crippen LogP contribution is 2.22. The molecule has 0 radical (unpaired) electrons. The minimum atomic E-state index is -1.33. The van der Waals surface area contributed by atoms with Crippen LogP contribution in [0.3, 0.4) is 0 Å². The van der Waals surface area contributed by atoms with Gasteiger partial charge in [-0.25, -0.2) is 4.79 Å². The maximum absolute atomic E-state index is 11.1. The first kappa shape index (κ1) is 14.1. The molecule has 0 unspecified atom stereocenters. The molecule has 0 fully saturated rings. The Kier molecular flexibility index (Phi) is 4.82. The Hall–Kier alpha value is -1.92. The van der Waals surface area contributed by atoms with Crippen molar-refractivity contribution in [1.82, 2.24) is 5.32 Å². The van der Waals surface area contributed by atoms with E-state index in [2.05, 4.69) is 11.9 Å². The molecular weight excluding hydrogens is 260 g/mol. The van der Waals surface area contributed by atoms with E-state index in [1.54, 1.807) is 0 Å². The molecule has 0 aliphatic heterocycles. The summed E-state index contributed by atoms with van der Waals surface area (Å²) in [5.41, 5.74) is -0.406. The van der Waals surface area contributed by atoms with Crippen LogP contribution in [0, 0.1) is 10.1 Å². The van der Waals surface area contributed by atoms with E-state index < -0.39 is 16.6 Å². The zero-order chi connectivity index (χ0) is 13.7. The highest BCUT2D eigenvalue weighted by Gasteiger charge is 2.22.